The van der Waals surface area contributed by atoms with Gasteiger partial charge in [0.05, 0.1) is 5.69 Å². The summed E-state index contributed by atoms with van der Waals surface area (Å²) in [4.78, 5) is 18.5. The Morgan fingerprint density at radius 3 is 2.86 bits per heavy atom. The van der Waals surface area contributed by atoms with E-state index >= 15 is 0 Å². The topological polar surface area (TPSA) is 63.1 Å². The minimum Gasteiger partial charge on any atom is -0.339 e. The minimum atomic E-state index is 0.102. The van der Waals surface area contributed by atoms with Gasteiger partial charge in [0.1, 0.15) is 12.7 Å². The van der Waals surface area contributed by atoms with E-state index < -0.39 is 0 Å². The fourth-order valence-corrected chi connectivity index (χ4v) is 2.93. The number of likely N-dealkylation sites (tertiary alicyclic amines) is 1. The fraction of sp³-hybridized carbons (Fsp3) is 0.438. The molecule has 1 aliphatic rings. The predicted octanol–water partition coefficient (Wildman–Crippen LogP) is 1.34. The van der Waals surface area contributed by atoms with Crippen LogP contribution in [0.5, 0.6) is 0 Å². The Morgan fingerprint density at radius 1 is 1.36 bits per heavy atom. The van der Waals surface area contributed by atoms with Crippen molar-refractivity contribution < 1.29 is 4.79 Å². The molecule has 1 fully saturated rings. The Kier molecular flexibility index (Phi) is 4.48. The lowest BCUT2D eigenvalue weighted by Gasteiger charge is -2.32. The summed E-state index contributed by atoms with van der Waals surface area (Å²) in [7, 11) is 1.98. The highest BCUT2D eigenvalue weighted by Crippen LogP contribution is 2.19. The summed E-state index contributed by atoms with van der Waals surface area (Å²) in [5.41, 5.74) is 1.56. The molecule has 2 heterocycles. The molecule has 1 saturated heterocycles. The summed E-state index contributed by atoms with van der Waals surface area (Å²) >= 11 is 0. The zero-order valence-corrected chi connectivity index (χ0v) is 12.8. The highest BCUT2D eigenvalue weighted by atomic mass is 16.2. The van der Waals surface area contributed by atoms with Crippen LogP contribution in [0.4, 0.5) is 0 Å². The van der Waals surface area contributed by atoms with E-state index in [4.69, 9.17) is 0 Å². The van der Waals surface area contributed by atoms with Gasteiger partial charge in [-0.25, -0.2) is 9.67 Å². The number of hydrogen-bond donors (Lipinski definition) is 1. The maximum absolute atomic E-state index is 12.7. The number of rotatable bonds is 4. The molecule has 0 aliphatic carbocycles. The van der Waals surface area contributed by atoms with E-state index in [1.807, 2.05) is 36.2 Å². The van der Waals surface area contributed by atoms with Crippen molar-refractivity contribution in [3.05, 3.63) is 42.5 Å². The third-order valence-electron chi connectivity index (χ3n) is 4.17. The van der Waals surface area contributed by atoms with Gasteiger partial charge in [0, 0.05) is 18.7 Å². The third kappa shape index (κ3) is 3.17. The molecule has 1 aromatic heterocycles. The number of hydrogen-bond acceptors (Lipinski definition) is 4. The van der Waals surface area contributed by atoms with Crippen LogP contribution in [-0.2, 0) is 0 Å². The van der Waals surface area contributed by atoms with Crippen molar-refractivity contribution in [3.8, 4) is 5.69 Å². The van der Waals surface area contributed by atoms with E-state index in [1.165, 1.54) is 6.33 Å². The molecule has 0 spiro atoms. The summed E-state index contributed by atoms with van der Waals surface area (Å²) in [6.45, 7) is 2.70. The van der Waals surface area contributed by atoms with Gasteiger partial charge in [-0.1, -0.05) is 6.07 Å². The highest BCUT2D eigenvalue weighted by molar-refractivity contribution is 5.94. The van der Waals surface area contributed by atoms with Gasteiger partial charge >= 0.3 is 0 Å². The van der Waals surface area contributed by atoms with Gasteiger partial charge in [-0.2, -0.15) is 5.10 Å². The molecule has 22 heavy (non-hydrogen) atoms. The monoisotopic (exact) mass is 299 g/mol. The van der Waals surface area contributed by atoms with Gasteiger partial charge in [-0.15, -0.1) is 0 Å². The average molecular weight is 299 g/mol. The number of carbonyl (C=O) groups is 1. The number of benzene rings is 1. The van der Waals surface area contributed by atoms with E-state index in [9.17, 15) is 4.79 Å². The fourth-order valence-electron chi connectivity index (χ4n) is 2.93. The van der Waals surface area contributed by atoms with Gasteiger partial charge < -0.3 is 10.2 Å². The van der Waals surface area contributed by atoms with Crippen molar-refractivity contribution in [1.82, 2.24) is 25.0 Å². The molecule has 0 unspecified atom stereocenters. The molecule has 1 N–H and O–H groups in total. The van der Waals surface area contributed by atoms with Gasteiger partial charge in [0.25, 0.3) is 5.91 Å². The smallest absolute Gasteiger partial charge is 0.253 e. The van der Waals surface area contributed by atoms with Crippen molar-refractivity contribution >= 4 is 5.91 Å². The van der Waals surface area contributed by atoms with Crippen LogP contribution in [0.15, 0.2) is 36.9 Å². The summed E-state index contributed by atoms with van der Waals surface area (Å²) < 4.78 is 1.66. The highest BCUT2D eigenvalue weighted by Gasteiger charge is 2.23. The van der Waals surface area contributed by atoms with E-state index in [-0.39, 0.29) is 5.91 Å². The number of piperidine rings is 1. The second-order valence-corrected chi connectivity index (χ2v) is 5.68. The van der Waals surface area contributed by atoms with Crippen LogP contribution in [0.2, 0.25) is 0 Å². The van der Waals surface area contributed by atoms with Gasteiger partial charge in [-0.3, -0.25) is 4.79 Å². The molecule has 0 atom stereocenters. The Bertz CT molecular complexity index is 617. The maximum atomic E-state index is 12.7. The maximum Gasteiger partial charge on any atom is 0.253 e. The zero-order valence-electron chi connectivity index (χ0n) is 12.8. The van der Waals surface area contributed by atoms with Crippen LogP contribution in [0.25, 0.3) is 5.69 Å². The van der Waals surface area contributed by atoms with Gasteiger partial charge in [0.15, 0.2) is 0 Å². The average Bonchev–Trinajstić information content (AvgIpc) is 3.10. The Labute approximate surface area is 130 Å². The molecule has 6 heteroatoms. The van der Waals surface area contributed by atoms with Crippen LogP contribution in [0, 0.1) is 5.92 Å². The summed E-state index contributed by atoms with van der Waals surface area (Å²) in [6.07, 6.45) is 5.25. The van der Waals surface area contributed by atoms with Crippen molar-refractivity contribution in [2.45, 2.75) is 12.8 Å². The second kappa shape index (κ2) is 6.70. The first-order valence-electron chi connectivity index (χ1n) is 7.67. The Hall–Kier alpha value is -2.21. The number of carbonyl (C=O) groups excluding carboxylic acids is 1. The standard InChI is InChI=1S/C16H21N5O/c1-17-10-13-5-7-20(8-6-13)16(22)14-3-2-4-15(9-14)21-12-18-11-19-21/h2-4,9,11-13,17H,5-8,10H2,1H3. The first kappa shape index (κ1) is 14.7. The zero-order chi connectivity index (χ0) is 15.4. The molecule has 116 valence electrons. The predicted molar refractivity (Wildman–Crippen MR) is 83.9 cm³/mol. The second-order valence-electron chi connectivity index (χ2n) is 5.68. The molecule has 3 rings (SSSR count). The SMILES string of the molecule is CNCC1CCN(C(=O)c2cccc(-n3cncn3)c2)CC1. The van der Waals surface area contributed by atoms with Crippen LogP contribution >= 0.6 is 0 Å². The summed E-state index contributed by atoms with van der Waals surface area (Å²) in [5, 5.41) is 7.32. The van der Waals surface area contributed by atoms with E-state index in [2.05, 4.69) is 15.4 Å². The molecule has 0 bridgehead atoms. The molecular formula is C16H21N5O. The molecule has 0 saturated carbocycles. The van der Waals surface area contributed by atoms with Crippen LogP contribution < -0.4 is 5.32 Å². The molecule has 6 nitrogen and oxygen atoms in total. The lowest BCUT2D eigenvalue weighted by molar-refractivity contribution is 0.0691. The Morgan fingerprint density at radius 2 is 2.18 bits per heavy atom. The number of nitrogens with zero attached hydrogens (tertiary/aromatic N) is 4. The van der Waals surface area contributed by atoms with Crippen molar-refractivity contribution in [2.75, 3.05) is 26.7 Å². The van der Waals surface area contributed by atoms with E-state index in [0.29, 0.717) is 11.5 Å². The Balaban J connectivity index is 1.69. The minimum absolute atomic E-state index is 0.102. The first-order chi connectivity index (χ1) is 10.8. The summed E-state index contributed by atoms with van der Waals surface area (Å²) in [5.74, 6) is 0.778. The quantitative estimate of drug-likeness (QED) is 0.925. The van der Waals surface area contributed by atoms with Gasteiger partial charge in [0.2, 0.25) is 0 Å². The molecule has 1 aliphatic heterocycles. The molecule has 0 radical (unpaired) electrons. The number of amides is 1. The third-order valence-corrected chi connectivity index (χ3v) is 4.17. The normalized spacial score (nSPS) is 16.0. The molecular weight excluding hydrogens is 278 g/mol. The van der Waals surface area contributed by atoms with Crippen LogP contribution in [-0.4, -0.2) is 52.3 Å². The van der Waals surface area contributed by atoms with Crippen LogP contribution in [0.1, 0.15) is 23.2 Å². The number of aromatic nitrogens is 3. The number of nitrogens with one attached hydrogen (secondary N) is 1. The lowest BCUT2D eigenvalue weighted by atomic mass is 9.96. The molecule has 1 amide bonds. The van der Waals surface area contributed by atoms with Crippen molar-refractivity contribution in [1.29, 1.82) is 0 Å². The largest absolute Gasteiger partial charge is 0.339 e. The van der Waals surface area contributed by atoms with E-state index in [0.717, 1.165) is 38.2 Å². The van der Waals surface area contributed by atoms with Crippen molar-refractivity contribution in [2.24, 2.45) is 5.92 Å². The molecule has 2 aromatic rings. The van der Waals surface area contributed by atoms with Crippen molar-refractivity contribution in [3.63, 3.8) is 0 Å². The first-order valence-corrected chi connectivity index (χ1v) is 7.67. The van der Waals surface area contributed by atoms with Gasteiger partial charge in [-0.05, 0) is 50.6 Å². The van der Waals surface area contributed by atoms with E-state index in [1.54, 1.807) is 11.0 Å². The van der Waals surface area contributed by atoms with Crippen LogP contribution in [0.3, 0.4) is 0 Å². The lowest BCUT2D eigenvalue weighted by Crippen LogP contribution is -2.40. The summed E-state index contributed by atoms with van der Waals surface area (Å²) in [6, 6.07) is 7.54. The molecule has 1 aromatic carbocycles.